The summed E-state index contributed by atoms with van der Waals surface area (Å²) in [7, 11) is 0. The van der Waals surface area contributed by atoms with Crippen LogP contribution in [0.3, 0.4) is 0 Å². The number of anilines is 1. The normalized spacial score (nSPS) is 14.8. The van der Waals surface area contributed by atoms with E-state index in [2.05, 4.69) is 27.2 Å². The van der Waals surface area contributed by atoms with E-state index in [4.69, 9.17) is 0 Å². The van der Waals surface area contributed by atoms with Gasteiger partial charge in [0.05, 0.1) is 10.8 Å². The van der Waals surface area contributed by atoms with Crippen LogP contribution in [-0.2, 0) is 17.9 Å². The third kappa shape index (κ3) is 4.27. The van der Waals surface area contributed by atoms with Gasteiger partial charge in [-0.1, -0.05) is 25.1 Å². The van der Waals surface area contributed by atoms with Crippen molar-refractivity contribution in [3.8, 4) is 0 Å². The zero-order valence-corrected chi connectivity index (χ0v) is 16.9. The van der Waals surface area contributed by atoms with Crippen LogP contribution in [0.5, 0.6) is 0 Å². The van der Waals surface area contributed by atoms with E-state index >= 15 is 0 Å². The lowest BCUT2D eigenvalue weighted by Crippen LogP contribution is -2.36. The smallest absolute Gasteiger partial charge is 0.273 e. The van der Waals surface area contributed by atoms with E-state index in [-0.39, 0.29) is 12.5 Å². The third-order valence-corrected chi connectivity index (χ3v) is 5.59. The standard InChI is InChI=1S/C22H25N5O3/c1-15-8-10-26(11-9-15)19-7-6-16(12-23-19)13-24-20(28)14-27-22(30)18-5-3-2-4-17(18)21(29)25-27/h2-7,12,15H,8-11,13-14H2,1H3,(H,24,28)(H,25,29). The Morgan fingerprint density at radius 2 is 1.87 bits per heavy atom. The highest BCUT2D eigenvalue weighted by Gasteiger charge is 2.16. The molecule has 0 aliphatic carbocycles. The fourth-order valence-electron chi connectivity index (χ4n) is 3.70. The SMILES string of the molecule is CC1CCN(c2ccc(CNC(=O)Cn3[nH]c(=O)c4ccccc4c3=O)cn2)CC1. The van der Waals surface area contributed by atoms with Crippen molar-refractivity contribution in [3.05, 3.63) is 68.9 Å². The van der Waals surface area contributed by atoms with Crippen LogP contribution >= 0.6 is 0 Å². The van der Waals surface area contributed by atoms with Crippen molar-refractivity contribution in [3.63, 3.8) is 0 Å². The highest BCUT2D eigenvalue weighted by atomic mass is 16.2. The summed E-state index contributed by atoms with van der Waals surface area (Å²) in [6.07, 6.45) is 4.11. The number of aromatic amines is 1. The van der Waals surface area contributed by atoms with Gasteiger partial charge in [-0.05, 0) is 42.5 Å². The largest absolute Gasteiger partial charge is 0.357 e. The molecule has 0 unspecified atom stereocenters. The number of carbonyl (C=O) groups is 1. The molecule has 3 aromatic rings. The van der Waals surface area contributed by atoms with Gasteiger partial charge in [0.25, 0.3) is 11.1 Å². The number of rotatable bonds is 5. The first-order chi connectivity index (χ1) is 14.5. The Morgan fingerprint density at radius 1 is 1.13 bits per heavy atom. The number of piperidine rings is 1. The summed E-state index contributed by atoms with van der Waals surface area (Å²) >= 11 is 0. The van der Waals surface area contributed by atoms with E-state index in [9.17, 15) is 14.4 Å². The number of carbonyl (C=O) groups excluding carboxylic acids is 1. The Kier molecular flexibility index (Phi) is 5.65. The highest BCUT2D eigenvalue weighted by Crippen LogP contribution is 2.21. The van der Waals surface area contributed by atoms with E-state index in [1.165, 1.54) is 12.8 Å². The topological polar surface area (TPSA) is 100 Å². The fraction of sp³-hybridized carbons (Fsp3) is 0.364. The first-order valence-electron chi connectivity index (χ1n) is 10.2. The number of fused-ring (bicyclic) bond motifs is 1. The predicted molar refractivity (Wildman–Crippen MR) is 116 cm³/mol. The Bertz CT molecular complexity index is 1160. The summed E-state index contributed by atoms with van der Waals surface area (Å²) in [4.78, 5) is 43.7. The molecule has 3 heterocycles. The van der Waals surface area contributed by atoms with Gasteiger partial charge in [0.2, 0.25) is 5.91 Å². The molecule has 8 nitrogen and oxygen atoms in total. The van der Waals surface area contributed by atoms with Crippen molar-refractivity contribution in [1.82, 2.24) is 20.1 Å². The molecule has 1 saturated heterocycles. The molecule has 1 aromatic carbocycles. The number of H-pyrrole nitrogens is 1. The lowest BCUT2D eigenvalue weighted by molar-refractivity contribution is -0.122. The first-order valence-corrected chi connectivity index (χ1v) is 10.2. The summed E-state index contributed by atoms with van der Waals surface area (Å²) in [5.74, 6) is 1.36. The van der Waals surface area contributed by atoms with Gasteiger partial charge in [-0.2, -0.15) is 0 Å². The molecule has 30 heavy (non-hydrogen) atoms. The van der Waals surface area contributed by atoms with E-state index in [1.54, 1.807) is 30.5 Å². The summed E-state index contributed by atoms with van der Waals surface area (Å²) in [5, 5.41) is 5.84. The quantitative estimate of drug-likeness (QED) is 0.670. The van der Waals surface area contributed by atoms with Gasteiger partial charge in [-0.3, -0.25) is 19.5 Å². The van der Waals surface area contributed by atoms with Crippen LogP contribution in [-0.4, -0.2) is 33.8 Å². The Hall–Kier alpha value is -3.42. The van der Waals surface area contributed by atoms with Gasteiger partial charge in [-0.15, -0.1) is 0 Å². The lowest BCUT2D eigenvalue weighted by Gasteiger charge is -2.31. The molecule has 2 aromatic heterocycles. The summed E-state index contributed by atoms with van der Waals surface area (Å²) in [6, 6.07) is 10.5. The minimum atomic E-state index is -0.401. The monoisotopic (exact) mass is 407 g/mol. The van der Waals surface area contributed by atoms with Crippen LogP contribution in [0.25, 0.3) is 10.8 Å². The Labute approximate surface area is 173 Å². The number of amides is 1. The van der Waals surface area contributed by atoms with Gasteiger partial charge in [0.1, 0.15) is 12.4 Å². The van der Waals surface area contributed by atoms with Crippen LogP contribution in [0.1, 0.15) is 25.3 Å². The van der Waals surface area contributed by atoms with Gasteiger partial charge in [-0.25, -0.2) is 9.67 Å². The van der Waals surface area contributed by atoms with Crippen molar-refractivity contribution < 1.29 is 4.79 Å². The molecule has 0 bridgehead atoms. The van der Waals surface area contributed by atoms with E-state index in [1.807, 2.05) is 12.1 Å². The van der Waals surface area contributed by atoms with E-state index in [0.29, 0.717) is 17.3 Å². The number of aromatic nitrogens is 3. The molecule has 0 radical (unpaired) electrons. The second kappa shape index (κ2) is 8.52. The van der Waals surface area contributed by atoms with Crippen LogP contribution in [0.2, 0.25) is 0 Å². The molecule has 0 spiro atoms. The lowest BCUT2D eigenvalue weighted by atomic mass is 9.99. The van der Waals surface area contributed by atoms with Gasteiger partial charge < -0.3 is 10.2 Å². The molecule has 0 saturated carbocycles. The minimum Gasteiger partial charge on any atom is -0.357 e. The number of pyridine rings is 1. The summed E-state index contributed by atoms with van der Waals surface area (Å²) in [6.45, 7) is 4.36. The molecule has 156 valence electrons. The van der Waals surface area contributed by atoms with Crippen molar-refractivity contribution in [2.75, 3.05) is 18.0 Å². The maximum Gasteiger partial charge on any atom is 0.273 e. The van der Waals surface area contributed by atoms with Crippen LogP contribution < -0.4 is 21.3 Å². The van der Waals surface area contributed by atoms with E-state index < -0.39 is 11.1 Å². The van der Waals surface area contributed by atoms with Crippen molar-refractivity contribution in [1.29, 1.82) is 0 Å². The Morgan fingerprint density at radius 3 is 2.57 bits per heavy atom. The van der Waals surface area contributed by atoms with Gasteiger partial charge >= 0.3 is 0 Å². The minimum absolute atomic E-state index is 0.254. The second-order valence-electron chi connectivity index (χ2n) is 7.85. The van der Waals surface area contributed by atoms with Gasteiger partial charge in [0.15, 0.2) is 0 Å². The number of hydrogen-bond acceptors (Lipinski definition) is 5. The molecule has 4 rings (SSSR count). The predicted octanol–water partition coefficient (Wildman–Crippen LogP) is 1.64. The van der Waals surface area contributed by atoms with Crippen LogP contribution in [0, 0.1) is 5.92 Å². The molecule has 8 heteroatoms. The summed E-state index contributed by atoms with van der Waals surface area (Å²) in [5.41, 5.74) is 0.0731. The molecule has 1 fully saturated rings. The van der Waals surface area contributed by atoms with E-state index in [0.717, 1.165) is 35.1 Å². The van der Waals surface area contributed by atoms with Crippen molar-refractivity contribution >= 4 is 22.5 Å². The maximum absolute atomic E-state index is 12.5. The average Bonchev–Trinajstić information content (AvgIpc) is 2.77. The zero-order valence-electron chi connectivity index (χ0n) is 16.9. The number of hydrogen-bond donors (Lipinski definition) is 2. The third-order valence-electron chi connectivity index (χ3n) is 5.59. The first kappa shape index (κ1) is 19.9. The summed E-state index contributed by atoms with van der Waals surface area (Å²) < 4.78 is 1.04. The molecule has 1 amide bonds. The highest BCUT2D eigenvalue weighted by molar-refractivity contribution is 5.81. The molecule has 0 atom stereocenters. The second-order valence-corrected chi connectivity index (χ2v) is 7.85. The Balaban J connectivity index is 1.37. The molecular weight excluding hydrogens is 382 g/mol. The van der Waals surface area contributed by atoms with Crippen molar-refractivity contribution in [2.24, 2.45) is 5.92 Å². The zero-order chi connectivity index (χ0) is 21.1. The number of nitrogens with zero attached hydrogens (tertiary/aromatic N) is 3. The number of nitrogens with one attached hydrogen (secondary N) is 2. The van der Waals surface area contributed by atoms with Crippen LogP contribution in [0.15, 0.2) is 52.2 Å². The number of benzene rings is 1. The molecule has 1 aliphatic rings. The van der Waals surface area contributed by atoms with Crippen molar-refractivity contribution in [2.45, 2.75) is 32.9 Å². The molecule has 1 aliphatic heterocycles. The molecular formula is C22H25N5O3. The fourth-order valence-corrected chi connectivity index (χ4v) is 3.70. The molecule has 2 N–H and O–H groups in total. The average molecular weight is 407 g/mol. The van der Waals surface area contributed by atoms with Crippen LogP contribution in [0.4, 0.5) is 5.82 Å². The maximum atomic E-state index is 12.5. The van der Waals surface area contributed by atoms with Gasteiger partial charge in [0, 0.05) is 25.8 Å².